The first-order valence-electron chi connectivity index (χ1n) is 5.28. The number of hydrogen-bond donors (Lipinski definition) is 0. The number of nitrogens with zero attached hydrogens (tertiary/aromatic N) is 1. The molecule has 0 aromatic rings. The number of hydrogen-bond acceptors (Lipinski definition) is 3. The monoisotopic (exact) mass is 233 g/mol. The van der Waals surface area contributed by atoms with Crippen LogP contribution in [0.4, 0.5) is 0 Å². The van der Waals surface area contributed by atoms with E-state index in [0.717, 1.165) is 19.3 Å². The molecule has 0 aromatic heterocycles. The molecular formula is C10H19NO3S. The smallest absolute Gasteiger partial charge is 0.254 e. The van der Waals surface area contributed by atoms with Crippen LogP contribution in [-0.2, 0) is 14.5 Å². The van der Waals surface area contributed by atoms with Crippen LogP contribution >= 0.6 is 0 Å². The molecule has 4 nitrogen and oxygen atoms in total. The molecule has 1 rings (SSSR count). The fourth-order valence-corrected chi connectivity index (χ4v) is 3.52. The largest absolute Gasteiger partial charge is 0.339 e. The first-order valence-corrected chi connectivity index (χ1v) is 6.64. The van der Waals surface area contributed by atoms with Crippen molar-refractivity contribution in [2.75, 3.05) is 6.61 Å². The van der Waals surface area contributed by atoms with E-state index in [1.54, 1.807) is 0 Å². The third-order valence-corrected chi connectivity index (χ3v) is 4.38. The highest BCUT2D eigenvalue weighted by atomic mass is 32.2. The van der Waals surface area contributed by atoms with Gasteiger partial charge < -0.3 is 0 Å². The molecular weight excluding hydrogens is 214 g/mol. The summed E-state index contributed by atoms with van der Waals surface area (Å²) < 4.78 is 30.0. The van der Waals surface area contributed by atoms with E-state index in [2.05, 4.69) is 6.58 Å². The summed E-state index contributed by atoms with van der Waals surface area (Å²) in [5, 5.41) is 0. The van der Waals surface area contributed by atoms with E-state index in [0.29, 0.717) is 0 Å². The van der Waals surface area contributed by atoms with Gasteiger partial charge in [0.15, 0.2) is 0 Å². The van der Waals surface area contributed by atoms with Gasteiger partial charge >= 0.3 is 10.3 Å². The summed E-state index contributed by atoms with van der Waals surface area (Å²) in [6.07, 6.45) is 4.33. The lowest BCUT2D eigenvalue weighted by Gasteiger charge is -2.36. The molecule has 1 heterocycles. The molecule has 0 amide bonds. The van der Waals surface area contributed by atoms with Gasteiger partial charge in [-0.15, -0.1) is 6.58 Å². The van der Waals surface area contributed by atoms with Crippen molar-refractivity contribution in [1.82, 2.24) is 4.31 Å². The second kappa shape index (κ2) is 5.09. The Labute approximate surface area is 92.2 Å². The molecule has 0 aliphatic carbocycles. The molecule has 5 heteroatoms. The standard InChI is InChI=1S/C10H19NO3S/c1-4-8-14-15(12,13)11-9(2)6-5-7-10(11)3/h4,9-10H,1,5-8H2,2-3H3. The first kappa shape index (κ1) is 12.7. The highest BCUT2D eigenvalue weighted by Crippen LogP contribution is 2.26. The summed E-state index contributed by atoms with van der Waals surface area (Å²) in [7, 11) is -3.58. The molecule has 1 aliphatic rings. The van der Waals surface area contributed by atoms with Crippen molar-refractivity contribution in [3.8, 4) is 0 Å². The fraction of sp³-hybridized carbons (Fsp3) is 0.800. The molecule has 0 bridgehead atoms. The van der Waals surface area contributed by atoms with Crippen LogP contribution in [0.1, 0.15) is 33.1 Å². The third-order valence-electron chi connectivity index (χ3n) is 2.71. The lowest BCUT2D eigenvalue weighted by molar-refractivity contribution is 0.173. The van der Waals surface area contributed by atoms with Crippen molar-refractivity contribution in [1.29, 1.82) is 0 Å². The minimum absolute atomic E-state index is 0.0311. The fourth-order valence-electron chi connectivity index (χ4n) is 2.03. The molecule has 1 aliphatic heterocycles. The molecule has 0 spiro atoms. The van der Waals surface area contributed by atoms with Gasteiger partial charge in [0.25, 0.3) is 0 Å². The van der Waals surface area contributed by atoms with Crippen molar-refractivity contribution in [3.63, 3.8) is 0 Å². The van der Waals surface area contributed by atoms with E-state index < -0.39 is 10.3 Å². The third kappa shape index (κ3) is 3.03. The normalized spacial score (nSPS) is 28.9. The average molecular weight is 233 g/mol. The van der Waals surface area contributed by atoms with E-state index in [-0.39, 0.29) is 18.7 Å². The van der Waals surface area contributed by atoms with Crippen LogP contribution in [0.2, 0.25) is 0 Å². The van der Waals surface area contributed by atoms with Crippen LogP contribution < -0.4 is 0 Å². The average Bonchev–Trinajstić information content (AvgIpc) is 2.14. The van der Waals surface area contributed by atoms with Gasteiger partial charge in [0.2, 0.25) is 0 Å². The molecule has 0 N–H and O–H groups in total. The summed E-state index contributed by atoms with van der Waals surface area (Å²) in [5.41, 5.74) is 0. The molecule has 15 heavy (non-hydrogen) atoms. The topological polar surface area (TPSA) is 46.6 Å². The lowest BCUT2D eigenvalue weighted by atomic mass is 10.0. The van der Waals surface area contributed by atoms with E-state index in [4.69, 9.17) is 4.18 Å². The van der Waals surface area contributed by atoms with Crippen molar-refractivity contribution < 1.29 is 12.6 Å². The van der Waals surface area contributed by atoms with Gasteiger partial charge in [-0.25, -0.2) is 0 Å². The van der Waals surface area contributed by atoms with Crippen molar-refractivity contribution in [2.24, 2.45) is 0 Å². The SMILES string of the molecule is C=CCOS(=O)(=O)N1C(C)CCCC1C. The predicted octanol–water partition coefficient (Wildman–Crippen LogP) is 1.70. The Bertz CT molecular complexity index is 303. The van der Waals surface area contributed by atoms with E-state index in [1.807, 2.05) is 13.8 Å². The molecule has 0 saturated carbocycles. The Balaban J connectivity index is 2.78. The molecule has 0 aromatic carbocycles. The Morgan fingerprint density at radius 2 is 1.93 bits per heavy atom. The van der Waals surface area contributed by atoms with Gasteiger partial charge in [0.1, 0.15) is 0 Å². The Hall–Kier alpha value is -0.390. The van der Waals surface area contributed by atoms with E-state index >= 15 is 0 Å². The van der Waals surface area contributed by atoms with Gasteiger partial charge in [-0.3, -0.25) is 4.18 Å². The van der Waals surface area contributed by atoms with Crippen LogP contribution in [0.5, 0.6) is 0 Å². The molecule has 0 radical (unpaired) electrons. The summed E-state index contributed by atoms with van der Waals surface area (Å²) in [4.78, 5) is 0. The maximum atomic E-state index is 11.8. The van der Waals surface area contributed by atoms with Gasteiger partial charge in [-0.1, -0.05) is 12.5 Å². The van der Waals surface area contributed by atoms with Crippen LogP contribution in [0.3, 0.4) is 0 Å². The van der Waals surface area contributed by atoms with Crippen LogP contribution in [0.15, 0.2) is 12.7 Å². The zero-order valence-electron chi connectivity index (χ0n) is 9.35. The lowest BCUT2D eigenvalue weighted by Crippen LogP contribution is -2.48. The minimum Gasteiger partial charge on any atom is -0.254 e. The molecule has 88 valence electrons. The Morgan fingerprint density at radius 3 is 2.40 bits per heavy atom. The maximum absolute atomic E-state index is 11.8. The highest BCUT2D eigenvalue weighted by molar-refractivity contribution is 7.84. The summed E-state index contributed by atoms with van der Waals surface area (Å²) in [5.74, 6) is 0. The van der Waals surface area contributed by atoms with E-state index in [1.165, 1.54) is 10.4 Å². The zero-order chi connectivity index (χ0) is 11.5. The quantitative estimate of drug-likeness (QED) is 0.694. The zero-order valence-corrected chi connectivity index (χ0v) is 10.2. The van der Waals surface area contributed by atoms with Crippen molar-refractivity contribution >= 4 is 10.3 Å². The molecule has 1 fully saturated rings. The first-order chi connectivity index (χ1) is 6.99. The minimum atomic E-state index is -3.58. The van der Waals surface area contributed by atoms with Gasteiger partial charge in [-0.05, 0) is 26.7 Å². The summed E-state index contributed by atoms with van der Waals surface area (Å²) >= 11 is 0. The maximum Gasteiger partial charge on any atom is 0.339 e. The molecule has 2 atom stereocenters. The Kier molecular flexibility index (Phi) is 4.31. The van der Waals surface area contributed by atoms with Crippen molar-refractivity contribution in [2.45, 2.75) is 45.2 Å². The van der Waals surface area contributed by atoms with Crippen LogP contribution in [-0.4, -0.2) is 31.4 Å². The second-order valence-electron chi connectivity index (χ2n) is 3.99. The second-order valence-corrected chi connectivity index (χ2v) is 5.50. The Morgan fingerprint density at radius 1 is 1.40 bits per heavy atom. The highest BCUT2D eigenvalue weighted by Gasteiger charge is 2.34. The van der Waals surface area contributed by atoms with E-state index in [9.17, 15) is 8.42 Å². The van der Waals surface area contributed by atoms with Gasteiger partial charge in [0.05, 0.1) is 6.61 Å². The van der Waals surface area contributed by atoms with Crippen LogP contribution in [0.25, 0.3) is 0 Å². The predicted molar refractivity (Wildman–Crippen MR) is 59.7 cm³/mol. The summed E-state index contributed by atoms with van der Waals surface area (Å²) in [6, 6.07) is 0.0622. The van der Waals surface area contributed by atoms with Crippen LogP contribution in [0, 0.1) is 0 Å². The number of rotatable bonds is 4. The summed E-state index contributed by atoms with van der Waals surface area (Å²) in [6.45, 7) is 7.32. The molecule has 2 unspecified atom stereocenters. The van der Waals surface area contributed by atoms with Gasteiger partial charge in [-0.2, -0.15) is 12.7 Å². The molecule has 1 saturated heterocycles. The van der Waals surface area contributed by atoms with Gasteiger partial charge in [0, 0.05) is 12.1 Å². The van der Waals surface area contributed by atoms with Crippen molar-refractivity contribution in [3.05, 3.63) is 12.7 Å². The number of piperidine rings is 1.